The van der Waals surface area contributed by atoms with E-state index in [1.54, 1.807) is 24.3 Å². The van der Waals surface area contributed by atoms with E-state index in [1.807, 2.05) is 31.2 Å². The first-order valence-electron chi connectivity index (χ1n) is 11.7. The number of nitrogens with one attached hydrogen (secondary N) is 1. The topological polar surface area (TPSA) is 95.9 Å². The maximum atomic E-state index is 12.5. The molecule has 0 saturated heterocycles. The van der Waals surface area contributed by atoms with Crippen LogP contribution in [0.3, 0.4) is 0 Å². The number of carboxylic acid groups (broad SMARTS) is 1. The molecule has 180 valence electrons. The van der Waals surface area contributed by atoms with Gasteiger partial charge in [-0.25, -0.2) is 4.79 Å². The average molecular weight is 473 g/mol. The minimum absolute atomic E-state index is 0.0154. The fraction of sp³-hybridized carbons (Fsp3) is 0.250. The van der Waals surface area contributed by atoms with Crippen LogP contribution in [-0.2, 0) is 20.7 Å². The molecule has 0 aromatic heterocycles. The van der Waals surface area contributed by atoms with E-state index in [-0.39, 0.29) is 31.4 Å². The molecule has 3 aromatic carbocycles. The van der Waals surface area contributed by atoms with Crippen molar-refractivity contribution in [2.24, 2.45) is 0 Å². The number of carboxylic acids is 1. The molecule has 7 heteroatoms. The van der Waals surface area contributed by atoms with Gasteiger partial charge in [-0.1, -0.05) is 67.6 Å². The predicted octanol–water partition coefficient (Wildman–Crippen LogP) is 4.91. The Morgan fingerprint density at radius 1 is 0.914 bits per heavy atom. The number of amides is 2. The molecule has 0 atom stereocenters. The Bertz CT molecular complexity index is 1180. The van der Waals surface area contributed by atoms with Crippen LogP contribution in [0, 0.1) is 0 Å². The minimum Gasteiger partial charge on any atom is -0.480 e. The summed E-state index contributed by atoms with van der Waals surface area (Å²) in [5.74, 6) is -1.29. The minimum atomic E-state index is -1.03. The number of benzene rings is 3. The Morgan fingerprint density at radius 3 is 2.09 bits per heavy atom. The summed E-state index contributed by atoms with van der Waals surface area (Å²) in [6.07, 6.45) is 0.229. The maximum Gasteiger partial charge on any atom is 0.411 e. The highest BCUT2D eigenvalue weighted by Gasteiger charge is 2.29. The maximum absolute atomic E-state index is 12.5. The van der Waals surface area contributed by atoms with E-state index in [9.17, 15) is 14.4 Å². The Morgan fingerprint density at radius 2 is 1.51 bits per heavy atom. The molecule has 0 unspecified atom stereocenters. The van der Waals surface area contributed by atoms with Gasteiger partial charge < -0.3 is 14.7 Å². The highest BCUT2D eigenvalue weighted by Crippen LogP contribution is 2.44. The number of anilines is 1. The molecule has 0 spiro atoms. The Labute approximate surface area is 204 Å². The van der Waals surface area contributed by atoms with Crippen molar-refractivity contribution in [3.05, 3.63) is 89.5 Å². The summed E-state index contributed by atoms with van der Waals surface area (Å²) in [4.78, 5) is 37.3. The Balaban J connectivity index is 1.33. The van der Waals surface area contributed by atoms with E-state index in [2.05, 4.69) is 29.6 Å². The molecule has 0 heterocycles. The quantitative estimate of drug-likeness (QED) is 0.461. The van der Waals surface area contributed by atoms with E-state index in [1.165, 1.54) is 16.0 Å². The average Bonchev–Trinajstić information content (AvgIpc) is 3.17. The van der Waals surface area contributed by atoms with Gasteiger partial charge in [0.15, 0.2) is 0 Å². The van der Waals surface area contributed by atoms with Gasteiger partial charge in [-0.2, -0.15) is 0 Å². The zero-order valence-electron chi connectivity index (χ0n) is 19.6. The number of hydrogen-bond donors (Lipinski definition) is 2. The van der Waals surface area contributed by atoms with Gasteiger partial charge >= 0.3 is 12.1 Å². The molecule has 0 fully saturated rings. The number of nitrogens with zero attached hydrogens (tertiary/aromatic N) is 1. The van der Waals surface area contributed by atoms with Crippen LogP contribution >= 0.6 is 0 Å². The van der Waals surface area contributed by atoms with E-state index in [4.69, 9.17) is 9.84 Å². The van der Waals surface area contributed by atoms with E-state index >= 15 is 0 Å². The number of ether oxygens (including phenoxy) is 1. The summed E-state index contributed by atoms with van der Waals surface area (Å²) in [6.45, 7) is 2.20. The number of aliphatic carboxylic acids is 1. The number of carbonyl (C=O) groups is 3. The standard InChI is InChI=1S/C28H28N2O5/c1-2-15-30(17-27(32)33)26(31)16-19-11-13-20(14-12-19)29-28(34)35-18-25-23-9-5-3-7-21(23)22-8-4-6-10-24(22)25/h3-14,25H,2,15-18H2,1H3,(H,29,34)(H,32,33). The van der Waals surface area contributed by atoms with Crippen LogP contribution in [0.4, 0.5) is 10.5 Å². The lowest BCUT2D eigenvalue weighted by Crippen LogP contribution is -2.37. The zero-order valence-corrected chi connectivity index (χ0v) is 19.6. The first-order chi connectivity index (χ1) is 17.0. The van der Waals surface area contributed by atoms with Crippen LogP contribution in [0.5, 0.6) is 0 Å². The van der Waals surface area contributed by atoms with Crippen LogP contribution < -0.4 is 5.32 Å². The van der Waals surface area contributed by atoms with Crippen molar-refractivity contribution in [1.29, 1.82) is 0 Å². The van der Waals surface area contributed by atoms with Gasteiger partial charge in [0.25, 0.3) is 0 Å². The fourth-order valence-electron chi connectivity index (χ4n) is 4.47. The van der Waals surface area contributed by atoms with Crippen molar-refractivity contribution in [3.63, 3.8) is 0 Å². The van der Waals surface area contributed by atoms with Crippen LogP contribution in [0.25, 0.3) is 11.1 Å². The second-order valence-electron chi connectivity index (χ2n) is 8.53. The third-order valence-electron chi connectivity index (χ3n) is 6.07. The molecular weight excluding hydrogens is 444 g/mol. The van der Waals surface area contributed by atoms with Crippen molar-refractivity contribution in [1.82, 2.24) is 4.90 Å². The molecule has 0 bridgehead atoms. The molecule has 7 nitrogen and oxygen atoms in total. The first-order valence-corrected chi connectivity index (χ1v) is 11.7. The Kier molecular flexibility index (Phi) is 7.45. The highest BCUT2D eigenvalue weighted by atomic mass is 16.5. The molecular formula is C28H28N2O5. The lowest BCUT2D eigenvalue weighted by molar-refractivity contribution is -0.144. The van der Waals surface area contributed by atoms with Crippen molar-refractivity contribution in [3.8, 4) is 11.1 Å². The van der Waals surface area contributed by atoms with Crippen LogP contribution in [-0.4, -0.2) is 47.7 Å². The van der Waals surface area contributed by atoms with Gasteiger partial charge in [-0.15, -0.1) is 0 Å². The summed E-state index contributed by atoms with van der Waals surface area (Å²) in [5, 5.41) is 11.7. The second-order valence-corrected chi connectivity index (χ2v) is 8.53. The summed E-state index contributed by atoms with van der Waals surface area (Å²) in [7, 11) is 0. The number of rotatable bonds is 9. The molecule has 0 aliphatic heterocycles. The largest absolute Gasteiger partial charge is 0.480 e. The molecule has 35 heavy (non-hydrogen) atoms. The van der Waals surface area contributed by atoms with E-state index in [0.717, 1.165) is 16.7 Å². The van der Waals surface area contributed by atoms with Crippen LogP contribution in [0.2, 0.25) is 0 Å². The lowest BCUT2D eigenvalue weighted by atomic mass is 9.98. The SMILES string of the molecule is CCCN(CC(=O)O)C(=O)Cc1ccc(NC(=O)OCC2c3ccccc3-c3ccccc32)cc1. The van der Waals surface area contributed by atoms with E-state index < -0.39 is 12.1 Å². The molecule has 3 aromatic rings. The molecule has 1 aliphatic rings. The molecule has 4 rings (SSSR count). The van der Waals surface area contributed by atoms with Gasteiger partial charge in [0.1, 0.15) is 13.2 Å². The third kappa shape index (κ3) is 5.69. The van der Waals surface area contributed by atoms with Gasteiger partial charge in [0.05, 0.1) is 6.42 Å². The van der Waals surface area contributed by atoms with Crippen LogP contribution in [0.15, 0.2) is 72.8 Å². The monoisotopic (exact) mass is 472 g/mol. The van der Waals surface area contributed by atoms with Crippen molar-refractivity contribution in [2.45, 2.75) is 25.7 Å². The van der Waals surface area contributed by atoms with Crippen molar-refractivity contribution >= 4 is 23.7 Å². The van der Waals surface area contributed by atoms with Crippen LogP contribution in [0.1, 0.15) is 36.0 Å². The lowest BCUT2D eigenvalue weighted by Gasteiger charge is -2.20. The van der Waals surface area contributed by atoms with Crippen molar-refractivity contribution < 1.29 is 24.2 Å². The molecule has 2 amide bonds. The molecule has 0 radical (unpaired) electrons. The third-order valence-corrected chi connectivity index (χ3v) is 6.07. The number of carbonyl (C=O) groups excluding carboxylic acids is 2. The summed E-state index contributed by atoms with van der Waals surface area (Å²) in [5.41, 5.74) is 5.92. The smallest absolute Gasteiger partial charge is 0.411 e. The normalized spacial score (nSPS) is 11.9. The van der Waals surface area contributed by atoms with Crippen molar-refractivity contribution in [2.75, 3.05) is 25.0 Å². The number of hydrogen-bond acceptors (Lipinski definition) is 4. The summed E-state index contributed by atoms with van der Waals surface area (Å²) >= 11 is 0. The second kappa shape index (κ2) is 10.9. The van der Waals surface area contributed by atoms with Gasteiger partial charge in [0, 0.05) is 18.2 Å². The molecule has 1 aliphatic carbocycles. The van der Waals surface area contributed by atoms with Gasteiger partial charge in [-0.3, -0.25) is 14.9 Å². The predicted molar refractivity (Wildman–Crippen MR) is 133 cm³/mol. The first kappa shape index (κ1) is 24.0. The Hall–Kier alpha value is -4.13. The molecule has 0 saturated carbocycles. The molecule has 2 N–H and O–H groups in total. The van der Waals surface area contributed by atoms with E-state index in [0.29, 0.717) is 18.7 Å². The van der Waals surface area contributed by atoms with Gasteiger partial charge in [-0.05, 0) is 46.4 Å². The van der Waals surface area contributed by atoms with Gasteiger partial charge in [0.2, 0.25) is 5.91 Å². The fourth-order valence-corrected chi connectivity index (χ4v) is 4.47. The summed E-state index contributed by atoms with van der Waals surface area (Å²) < 4.78 is 5.57. The highest BCUT2D eigenvalue weighted by molar-refractivity contribution is 5.86. The summed E-state index contributed by atoms with van der Waals surface area (Å²) in [6, 6.07) is 23.2. The number of fused-ring (bicyclic) bond motifs is 3. The zero-order chi connectivity index (χ0) is 24.8.